The van der Waals surface area contributed by atoms with Gasteiger partial charge in [0.2, 0.25) is 5.88 Å². The van der Waals surface area contributed by atoms with Gasteiger partial charge in [-0.2, -0.15) is 20.6 Å². The molecule has 0 radical (unpaired) electrons. The van der Waals surface area contributed by atoms with Gasteiger partial charge in [-0.25, -0.2) is 14.5 Å². The van der Waals surface area contributed by atoms with Gasteiger partial charge in [-0.05, 0) is 31.7 Å². The van der Waals surface area contributed by atoms with Crippen LogP contribution in [0.4, 0.5) is 11.6 Å². The molecule has 1 aliphatic heterocycles. The predicted octanol–water partition coefficient (Wildman–Crippen LogP) is 1.82. The monoisotopic (exact) mass is 419 g/mol. The lowest BCUT2D eigenvalue weighted by Gasteiger charge is -2.22. The number of hydrogen-bond donors (Lipinski definition) is 2. The summed E-state index contributed by atoms with van der Waals surface area (Å²) in [5.74, 6) is 1.50. The first kappa shape index (κ1) is 20.3. The van der Waals surface area contributed by atoms with Gasteiger partial charge in [0, 0.05) is 19.4 Å². The van der Waals surface area contributed by atoms with Crippen LogP contribution in [0.1, 0.15) is 42.8 Å². The molecule has 0 aliphatic carbocycles. The van der Waals surface area contributed by atoms with Crippen molar-refractivity contribution in [2.45, 2.75) is 25.8 Å². The van der Waals surface area contributed by atoms with Gasteiger partial charge in [-0.1, -0.05) is 0 Å². The maximum Gasteiger partial charge on any atom is 0.243 e. The van der Waals surface area contributed by atoms with Crippen LogP contribution in [0.25, 0.3) is 5.52 Å². The summed E-state index contributed by atoms with van der Waals surface area (Å²) in [6, 6.07) is 5.40. The second kappa shape index (κ2) is 8.81. The molecule has 0 bridgehead atoms. The van der Waals surface area contributed by atoms with Crippen molar-refractivity contribution in [3.8, 4) is 18.0 Å². The molecule has 31 heavy (non-hydrogen) atoms. The molecule has 11 heteroatoms. The summed E-state index contributed by atoms with van der Waals surface area (Å²) in [5.41, 5.74) is 6.87. The zero-order valence-electron chi connectivity index (χ0n) is 16.9. The van der Waals surface area contributed by atoms with Crippen LogP contribution in [0.2, 0.25) is 0 Å². The van der Waals surface area contributed by atoms with Crippen LogP contribution in [0.5, 0.6) is 5.88 Å². The molecule has 3 N–H and O–H groups in total. The van der Waals surface area contributed by atoms with E-state index in [1.54, 1.807) is 16.8 Å². The van der Waals surface area contributed by atoms with Crippen molar-refractivity contribution in [2.24, 2.45) is 5.92 Å². The van der Waals surface area contributed by atoms with E-state index in [4.69, 9.17) is 15.2 Å². The fourth-order valence-corrected chi connectivity index (χ4v) is 3.38. The Labute approximate surface area is 178 Å². The summed E-state index contributed by atoms with van der Waals surface area (Å²) in [6.07, 6.45) is 4.81. The molecule has 1 fully saturated rings. The topological polar surface area (TPSA) is 160 Å². The van der Waals surface area contributed by atoms with Gasteiger partial charge in [-0.3, -0.25) is 0 Å². The first-order valence-corrected chi connectivity index (χ1v) is 9.87. The summed E-state index contributed by atoms with van der Waals surface area (Å²) in [4.78, 5) is 12.5. The van der Waals surface area contributed by atoms with E-state index < -0.39 is 6.04 Å². The van der Waals surface area contributed by atoms with Gasteiger partial charge in [0.25, 0.3) is 0 Å². The Morgan fingerprint density at radius 2 is 2.13 bits per heavy atom. The molecule has 0 aromatic carbocycles. The highest BCUT2D eigenvalue weighted by molar-refractivity contribution is 5.67. The number of hydrogen-bond acceptors (Lipinski definition) is 10. The van der Waals surface area contributed by atoms with Crippen LogP contribution in [-0.2, 0) is 4.74 Å². The number of fused-ring (bicyclic) bond motifs is 1. The minimum atomic E-state index is -0.427. The van der Waals surface area contributed by atoms with Crippen molar-refractivity contribution in [2.75, 3.05) is 30.9 Å². The van der Waals surface area contributed by atoms with Crippen molar-refractivity contribution >= 4 is 17.2 Å². The maximum atomic E-state index is 9.46. The molecule has 11 nitrogen and oxygen atoms in total. The third-order valence-electron chi connectivity index (χ3n) is 5.14. The molecule has 1 atom stereocenters. The van der Waals surface area contributed by atoms with Crippen LogP contribution in [0.3, 0.4) is 0 Å². The zero-order chi connectivity index (χ0) is 21.8. The molecule has 1 saturated heterocycles. The van der Waals surface area contributed by atoms with E-state index in [9.17, 15) is 10.5 Å². The summed E-state index contributed by atoms with van der Waals surface area (Å²) in [6.45, 7) is 3.75. The van der Waals surface area contributed by atoms with Crippen LogP contribution in [-0.4, -0.2) is 44.4 Å². The quantitative estimate of drug-likeness (QED) is 0.603. The molecule has 1 aliphatic rings. The second-order valence-electron chi connectivity index (χ2n) is 7.24. The number of ether oxygens (including phenoxy) is 2. The third-order valence-corrected chi connectivity index (χ3v) is 5.14. The summed E-state index contributed by atoms with van der Waals surface area (Å²) in [5, 5.41) is 26.4. The molecular formula is C20H21N9O2. The fourth-order valence-electron chi connectivity index (χ4n) is 3.38. The molecule has 4 heterocycles. The Balaban J connectivity index is 1.64. The van der Waals surface area contributed by atoms with E-state index in [1.807, 2.05) is 13.0 Å². The van der Waals surface area contributed by atoms with Gasteiger partial charge in [0.05, 0.1) is 18.2 Å². The molecule has 0 spiro atoms. The van der Waals surface area contributed by atoms with E-state index >= 15 is 0 Å². The molecular weight excluding hydrogens is 398 g/mol. The molecule has 0 amide bonds. The highest BCUT2D eigenvalue weighted by atomic mass is 16.5. The van der Waals surface area contributed by atoms with Gasteiger partial charge in [0.1, 0.15) is 41.2 Å². The maximum absolute atomic E-state index is 9.46. The fraction of sp³-hybridized carbons (Fsp3) is 0.400. The van der Waals surface area contributed by atoms with Gasteiger partial charge in [0.15, 0.2) is 5.82 Å². The number of aromatic nitrogens is 5. The molecule has 0 unspecified atom stereocenters. The summed E-state index contributed by atoms with van der Waals surface area (Å²) >= 11 is 0. The van der Waals surface area contributed by atoms with Crippen LogP contribution < -0.4 is 15.8 Å². The van der Waals surface area contributed by atoms with E-state index in [0.717, 1.165) is 26.1 Å². The summed E-state index contributed by atoms with van der Waals surface area (Å²) in [7, 11) is 0. The lowest BCUT2D eigenvalue weighted by atomic mass is 10.0. The smallest absolute Gasteiger partial charge is 0.243 e. The molecule has 0 saturated carbocycles. The van der Waals surface area contributed by atoms with Gasteiger partial charge >= 0.3 is 0 Å². The predicted molar refractivity (Wildman–Crippen MR) is 110 cm³/mol. The minimum absolute atomic E-state index is 0.0909. The first-order chi connectivity index (χ1) is 15.1. The van der Waals surface area contributed by atoms with E-state index in [2.05, 4.69) is 31.4 Å². The lowest BCUT2D eigenvalue weighted by molar-refractivity contribution is 0.0491. The van der Waals surface area contributed by atoms with E-state index in [0.29, 0.717) is 41.1 Å². The Bertz CT molecular complexity index is 1170. The van der Waals surface area contributed by atoms with Gasteiger partial charge in [-0.15, -0.1) is 0 Å². The Kier molecular flexibility index (Phi) is 5.78. The normalized spacial score (nSPS) is 15.2. The van der Waals surface area contributed by atoms with Crippen LogP contribution in [0, 0.1) is 28.6 Å². The highest BCUT2D eigenvalue weighted by Gasteiger charge is 2.21. The van der Waals surface area contributed by atoms with E-state index in [1.165, 1.54) is 6.33 Å². The Morgan fingerprint density at radius 1 is 1.32 bits per heavy atom. The van der Waals surface area contributed by atoms with Crippen molar-refractivity contribution in [3.63, 3.8) is 0 Å². The minimum Gasteiger partial charge on any atom is -0.476 e. The zero-order valence-corrected chi connectivity index (χ0v) is 16.9. The molecule has 3 aromatic heterocycles. The molecule has 158 valence electrons. The third kappa shape index (κ3) is 4.17. The second-order valence-corrected chi connectivity index (χ2v) is 7.24. The number of anilines is 2. The highest BCUT2D eigenvalue weighted by Crippen LogP contribution is 2.27. The van der Waals surface area contributed by atoms with Crippen molar-refractivity contribution < 1.29 is 9.47 Å². The number of rotatable bonds is 6. The standard InChI is InChI=1S/C20H21N9O2/c1-12(26-19-15(9-22)17(23)24-11-25-19)18-27-20(31-10-13-3-6-30-7-4-13)16-14(8-21)2-5-29(16)28-18/h2,5,11-13H,3-4,6-7,10H2,1H3,(H3,23,24,25,26)/t12-/m0/s1. The molecule has 3 aromatic rings. The summed E-state index contributed by atoms with van der Waals surface area (Å²) < 4.78 is 13.0. The van der Waals surface area contributed by atoms with Crippen molar-refractivity contribution in [3.05, 3.63) is 35.5 Å². The number of nitrogens with two attached hydrogens (primary N) is 1. The van der Waals surface area contributed by atoms with Crippen LogP contribution in [0.15, 0.2) is 18.6 Å². The SMILES string of the molecule is C[C@H](Nc1ncnc(N)c1C#N)c1nc(OCC2CCOCC2)c2c(C#N)ccn2n1. The Hall–Kier alpha value is -3.96. The first-order valence-electron chi connectivity index (χ1n) is 9.87. The van der Waals surface area contributed by atoms with Crippen molar-refractivity contribution in [1.82, 2.24) is 24.6 Å². The van der Waals surface area contributed by atoms with Gasteiger partial charge < -0.3 is 20.5 Å². The number of nitrogens with one attached hydrogen (secondary N) is 1. The number of nitriles is 2. The Morgan fingerprint density at radius 3 is 2.87 bits per heavy atom. The van der Waals surface area contributed by atoms with E-state index in [-0.39, 0.29) is 11.4 Å². The number of nitrogen functional groups attached to an aromatic ring is 1. The average Bonchev–Trinajstić information content (AvgIpc) is 3.21. The lowest BCUT2D eigenvalue weighted by Crippen LogP contribution is -2.22. The van der Waals surface area contributed by atoms with Crippen molar-refractivity contribution in [1.29, 1.82) is 10.5 Å². The number of nitrogens with zero attached hydrogens (tertiary/aromatic N) is 7. The average molecular weight is 419 g/mol. The molecule has 4 rings (SSSR count). The van der Waals surface area contributed by atoms with Crippen LogP contribution >= 0.6 is 0 Å². The largest absolute Gasteiger partial charge is 0.476 e.